The first kappa shape index (κ1) is 15.9. The quantitative estimate of drug-likeness (QED) is 0.506. The van der Waals surface area contributed by atoms with E-state index in [1.54, 1.807) is 11.6 Å². The molecule has 0 saturated heterocycles. The SMILES string of the molecule is Cc1nn(-c2ccccc2)c(Cn2cc(Br)c([N+](=O)[O-])n2)c1C#N. The first-order valence-electron chi connectivity index (χ1n) is 6.92. The van der Waals surface area contributed by atoms with Crippen molar-refractivity contribution in [1.82, 2.24) is 19.6 Å². The maximum absolute atomic E-state index is 10.9. The Balaban J connectivity index is 2.09. The minimum Gasteiger partial charge on any atom is -0.358 e. The summed E-state index contributed by atoms with van der Waals surface area (Å²) in [6.45, 7) is 1.94. The fraction of sp³-hybridized carbons (Fsp3) is 0.133. The fourth-order valence-corrected chi connectivity index (χ4v) is 2.85. The molecule has 2 heterocycles. The Kier molecular flexibility index (Phi) is 4.14. The molecule has 2 aromatic heterocycles. The summed E-state index contributed by atoms with van der Waals surface area (Å²) in [6.07, 6.45) is 1.51. The van der Waals surface area contributed by atoms with Crippen molar-refractivity contribution in [3.8, 4) is 11.8 Å². The molecule has 0 atom stereocenters. The van der Waals surface area contributed by atoms with Crippen molar-refractivity contribution in [3.63, 3.8) is 0 Å². The summed E-state index contributed by atoms with van der Waals surface area (Å²) in [5, 5.41) is 28.7. The average molecular weight is 387 g/mol. The lowest BCUT2D eigenvalue weighted by Crippen LogP contribution is -2.09. The van der Waals surface area contributed by atoms with Crippen LogP contribution in [-0.4, -0.2) is 24.5 Å². The maximum Gasteiger partial charge on any atom is 0.404 e. The Bertz CT molecular complexity index is 954. The van der Waals surface area contributed by atoms with Crippen LogP contribution >= 0.6 is 15.9 Å². The second kappa shape index (κ2) is 6.25. The molecule has 0 aliphatic rings. The van der Waals surface area contributed by atoms with E-state index in [-0.39, 0.29) is 16.8 Å². The van der Waals surface area contributed by atoms with Crippen LogP contribution in [0.1, 0.15) is 17.0 Å². The lowest BCUT2D eigenvalue weighted by atomic mass is 10.2. The van der Waals surface area contributed by atoms with Gasteiger partial charge in [0.1, 0.15) is 17.1 Å². The molecule has 0 radical (unpaired) electrons. The summed E-state index contributed by atoms with van der Waals surface area (Å²) in [7, 11) is 0. The molecule has 3 aromatic rings. The van der Waals surface area contributed by atoms with Crippen LogP contribution < -0.4 is 0 Å². The summed E-state index contributed by atoms with van der Waals surface area (Å²) in [5.41, 5.74) is 2.45. The molecule has 0 bridgehead atoms. The Hall–Kier alpha value is -2.99. The van der Waals surface area contributed by atoms with Gasteiger partial charge in [-0.3, -0.25) is 0 Å². The maximum atomic E-state index is 10.9. The zero-order valence-corrected chi connectivity index (χ0v) is 14.1. The first-order valence-corrected chi connectivity index (χ1v) is 7.72. The van der Waals surface area contributed by atoms with Crippen LogP contribution in [0.4, 0.5) is 5.82 Å². The number of rotatable bonds is 4. The molecule has 0 spiro atoms. The molecule has 120 valence electrons. The lowest BCUT2D eigenvalue weighted by Gasteiger charge is -2.06. The molecule has 24 heavy (non-hydrogen) atoms. The normalized spacial score (nSPS) is 10.5. The van der Waals surface area contributed by atoms with Gasteiger partial charge in [0.05, 0.1) is 33.9 Å². The average Bonchev–Trinajstić information content (AvgIpc) is 3.08. The summed E-state index contributed by atoms with van der Waals surface area (Å²) < 4.78 is 3.36. The van der Waals surface area contributed by atoms with Gasteiger partial charge in [-0.25, -0.2) is 4.68 Å². The topological polar surface area (TPSA) is 103 Å². The van der Waals surface area contributed by atoms with Gasteiger partial charge in [0.15, 0.2) is 0 Å². The van der Waals surface area contributed by atoms with E-state index < -0.39 is 4.92 Å². The molecule has 0 aliphatic carbocycles. The molecule has 0 fully saturated rings. The lowest BCUT2D eigenvalue weighted by molar-refractivity contribution is -0.390. The van der Waals surface area contributed by atoms with E-state index in [1.807, 2.05) is 30.3 Å². The van der Waals surface area contributed by atoms with E-state index in [4.69, 9.17) is 0 Å². The van der Waals surface area contributed by atoms with Crippen molar-refractivity contribution in [2.24, 2.45) is 0 Å². The molecule has 0 saturated carbocycles. The minimum absolute atomic E-state index is 0.186. The van der Waals surface area contributed by atoms with E-state index in [1.165, 1.54) is 10.9 Å². The standard InChI is InChI=1S/C15H11BrN6O2/c1-10-12(7-17)14(21(18-10)11-5-3-2-4-6-11)9-20-8-13(16)15(19-20)22(23)24/h2-6,8H,9H2,1H3. The number of aryl methyl sites for hydroxylation is 1. The number of nitrogens with zero attached hydrogens (tertiary/aromatic N) is 6. The number of hydrogen-bond donors (Lipinski definition) is 0. The predicted molar refractivity (Wildman–Crippen MR) is 88.7 cm³/mol. The van der Waals surface area contributed by atoms with Gasteiger partial charge < -0.3 is 10.1 Å². The van der Waals surface area contributed by atoms with E-state index in [0.29, 0.717) is 17.0 Å². The molecule has 8 nitrogen and oxygen atoms in total. The number of hydrogen-bond acceptors (Lipinski definition) is 5. The monoisotopic (exact) mass is 386 g/mol. The van der Waals surface area contributed by atoms with Gasteiger partial charge in [0.25, 0.3) is 0 Å². The number of para-hydroxylation sites is 1. The molecule has 0 unspecified atom stereocenters. The summed E-state index contributed by atoms with van der Waals surface area (Å²) in [6, 6.07) is 11.5. The van der Waals surface area contributed by atoms with Crippen molar-refractivity contribution < 1.29 is 4.92 Å². The number of halogens is 1. The third-order valence-corrected chi connectivity index (χ3v) is 4.01. The number of benzene rings is 1. The van der Waals surface area contributed by atoms with Crippen LogP contribution in [0, 0.1) is 28.4 Å². The molecule has 0 amide bonds. The molecule has 0 N–H and O–H groups in total. The zero-order chi connectivity index (χ0) is 17.3. The van der Waals surface area contributed by atoms with E-state index in [9.17, 15) is 15.4 Å². The summed E-state index contributed by atoms with van der Waals surface area (Å²) >= 11 is 3.12. The summed E-state index contributed by atoms with van der Waals surface area (Å²) in [4.78, 5) is 10.4. The molecule has 9 heteroatoms. The van der Waals surface area contributed by atoms with Crippen molar-refractivity contribution >= 4 is 21.7 Å². The highest BCUT2D eigenvalue weighted by Crippen LogP contribution is 2.24. The van der Waals surface area contributed by atoms with Gasteiger partial charge in [-0.2, -0.15) is 15.0 Å². The summed E-state index contributed by atoms with van der Waals surface area (Å²) in [5.74, 6) is -0.268. The predicted octanol–water partition coefficient (Wildman–Crippen LogP) is 2.97. The fourth-order valence-electron chi connectivity index (χ4n) is 2.39. The second-order valence-corrected chi connectivity index (χ2v) is 5.88. The Labute approximate surface area is 145 Å². The third-order valence-electron chi connectivity index (χ3n) is 3.45. The first-order chi connectivity index (χ1) is 11.5. The molecule has 0 aliphatic heterocycles. The number of nitro groups is 1. The molecule has 1 aromatic carbocycles. The largest absolute Gasteiger partial charge is 0.404 e. The van der Waals surface area contributed by atoms with Crippen LogP contribution in [0.25, 0.3) is 5.69 Å². The van der Waals surface area contributed by atoms with Gasteiger partial charge in [0, 0.05) is 0 Å². The van der Waals surface area contributed by atoms with Crippen LogP contribution in [0.2, 0.25) is 0 Å². The van der Waals surface area contributed by atoms with Crippen LogP contribution in [0.5, 0.6) is 0 Å². The number of nitriles is 1. The van der Waals surface area contributed by atoms with E-state index in [2.05, 4.69) is 32.2 Å². The Morgan fingerprint density at radius 3 is 2.62 bits per heavy atom. The molecule has 3 rings (SSSR count). The highest BCUT2D eigenvalue weighted by Gasteiger charge is 2.22. The highest BCUT2D eigenvalue weighted by atomic mass is 79.9. The van der Waals surface area contributed by atoms with Gasteiger partial charge >= 0.3 is 5.82 Å². The van der Waals surface area contributed by atoms with Crippen molar-refractivity contribution in [1.29, 1.82) is 5.26 Å². The van der Waals surface area contributed by atoms with Crippen LogP contribution in [0.15, 0.2) is 41.0 Å². The van der Waals surface area contributed by atoms with Gasteiger partial charge in [-0.1, -0.05) is 18.2 Å². The highest BCUT2D eigenvalue weighted by molar-refractivity contribution is 9.10. The Morgan fingerprint density at radius 2 is 2.04 bits per heavy atom. The van der Waals surface area contributed by atoms with E-state index in [0.717, 1.165) is 5.69 Å². The molecular formula is C15H11BrN6O2. The second-order valence-electron chi connectivity index (χ2n) is 5.02. The van der Waals surface area contributed by atoms with Gasteiger partial charge in [0.2, 0.25) is 0 Å². The van der Waals surface area contributed by atoms with Crippen molar-refractivity contribution in [2.45, 2.75) is 13.5 Å². The Morgan fingerprint density at radius 1 is 1.33 bits per heavy atom. The van der Waals surface area contributed by atoms with Crippen molar-refractivity contribution in [3.05, 3.63) is 68.1 Å². The number of aromatic nitrogens is 4. The van der Waals surface area contributed by atoms with E-state index >= 15 is 0 Å². The smallest absolute Gasteiger partial charge is 0.358 e. The van der Waals surface area contributed by atoms with Crippen LogP contribution in [-0.2, 0) is 6.54 Å². The van der Waals surface area contributed by atoms with Gasteiger partial charge in [-0.15, -0.1) is 0 Å². The van der Waals surface area contributed by atoms with Crippen LogP contribution in [0.3, 0.4) is 0 Å². The molecular weight excluding hydrogens is 376 g/mol. The zero-order valence-electron chi connectivity index (χ0n) is 12.5. The third kappa shape index (κ3) is 2.79. The van der Waals surface area contributed by atoms with Gasteiger partial charge in [-0.05, 0) is 39.9 Å². The van der Waals surface area contributed by atoms with Crippen molar-refractivity contribution in [2.75, 3.05) is 0 Å². The minimum atomic E-state index is -0.564.